The van der Waals surface area contributed by atoms with E-state index in [2.05, 4.69) is 40.3 Å². The Morgan fingerprint density at radius 3 is 2.81 bits per heavy atom. The van der Waals surface area contributed by atoms with Crippen molar-refractivity contribution in [3.63, 3.8) is 0 Å². The van der Waals surface area contributed by atoms with E-state index >= 15 is 0 Å². The third-order valence-corrected chi connectivity index (χ3v) is 4.84. The van der Waals surface area contributed by atoms with Crippen molar-refractivity contribution in [1.82, 2.24) is 15.5 Å². The van der Waals surface area contributed by atoms with Crippen LogP contribution in [-0.4, -0.2) is 35.9 Å². The average Bonchev–Trinajstić information content (AvgIpc) is 2.96. The van der Waals surface area contributed by atoms with Gasteiger partial charge in [-0.1, -0.05) is 13.8 Å². The Hall–Kier alpha value is -1.67. The van der Waals surface area contributed by atoms with Crippen LogP contribution < -0.4 is 10.2 Å². The first-order chi connectivity index (χ1) is 10.3. The van der Waals surface area contributed by atoms with Crippen molar-refractivity contribution in [3.8, 4) is 6.07 Å². The van der Waals surface area contributed by atoms with E-state index in [-0.39, 0.29) is 0 Å². The Morgan fingerprint density at radius 2 is 2.14 bits per heavy atom. The third kappa shape index (κ3) is 2.49. The van der Waals surface area contributed by atoms with Crippen molar-refractivity contribution < 1.29 is 0 Å². The van der Waals surface area contributed by atoms with Crippen molar-refractivity contribution in [2.24, 2.45) is 5.92 Å². The quantitative estimate of drug-likeness (QED) is 0.915. The standard InChI is InChI=1S/C16H23N5/c1-3-12-13(8-17)16(20-19-14(12)4-2)21-9-11-6-5-7-18-15(11)10-21/h11,15,18H,3-7,9-10H2,1-2H3/t11-,15+/m0/s1. The van der Waals surface area contributed by atoms with Gasteiger partial charge in [0, 0.05) is 19.1 Å². The molecule has 5 nitrogen and oxygen atoms in total. The largest absolute Gasteiger partial charge is 0.352 e. The zero-order valence-corrected chi connectivity index (χ0v) is 12.9. The molecule has 1 aromatic rings. The van der Waals surface area contributed by atoms with Crippen LogP contribution in [0.2, 0.25) is 0 Å². The summed E-state index contributed by atoms with van der Waals surface area (Å²) in [6, 6.07) is 2.93. The Morgan fingerprint density at radius 1 is 1.29 bits per heavy atom. The van der Waals surface area contributed by atoms with Crippen molar-refractivity contribution in [1.29, 1.82) is 5.26 Å². The molecule has 0 saturated carbocycles. The van der Waals surface area contributed by atoms with E-state index in [0.29, 0.717) is 12.0 Å². The molecule has 0 amide bonds. The van der Waals surface area contributed by atoms with Crippen LogP contribution in [0.3, 0.4) is 0 Å². The third-order valence-electron chi connectivity index (χ3n) is 4.84. The number of rotatable bonds is 3. The summed E-state index contributed by atoms with van der Waals surface area (Å²) < 4.78 is 0. The smallest absolute Gasteiger partial charge is 0.169 e. The van der Waals surface area contributed by atoms with Crippen LogP contribution in [0.4, 0.5) is 5.82 Å². The summed E-state index contributed by atoms with van der Waals surface area (Å²) in [5, 5.41) is 22.0. The number of nitrogens with zero attached hydrogens (tertiary/aromatic N) is 4. The molecule has 1 N–H and O–H groups in total. The van der Waals surface area contributed by atoms with Gasteiger partial charge in [-0.25, -0.2) is 0 Å². The molecule has 2 atom stereocenters. The number of hydrogen-bond acceptors (Lipinski definition) is 5. The molecule has 0 aliphatic carbocycles. The zero-order chi connectivity index (χ0) is 14.8. The summed E-state index contributed by atoms with van der Waals surface area (Å²) in [6.07, 6.45) is 4.20. The number of hydrogen-bond donors (Lipinski definition) is 1. The predicted octanol–water partition coefficient (Wildman–Crippen LogP) is 1.66. The fraction of sp³-hybridized carbons (Fsp3) is 0.688. The Kier molecular flexibility index (Phi) is 4.07. The molecule has 0 aromatic carbocycles. The number of aromatic nitrogens is 2. The molecule has 21 heavy (non-hydrogen) atoms. The molecule has 1 aromatic heterocycles. The van der Waals surface area contributed by atoms with Gasteiger partial charge in [-0.15, -0.1) is 5.10 Å². The van der Waals surface area contributed by atoms with Crippen LogP contribution >= 0.6 is 0 Å². The Balaban J connectivity index is 1.94. The van der Waals surface area contributed by atoms with Crippen molar-refractivity contribution in [3.05, 3.63) is 16.8 Å². The van der Waals surface area contributed by atoms with Crippen LogP contribution in [0, 0.1) is 17.2 Å². The minimum absolute atomic E-state index is 0.544. The van der Waals surface area contributed by atoms with Gasteiger partial charge in [0.25, 0.3) is 0 Å². The second-order valence-corrected chi connectivity index (χ2v) is 6.01. The first-order valence-electron chi connectivity index (χ1n) is 8.05. The van der Waals surface area contributed by atoms with Crippen LogP contribution in [0.15, 0.2) is 0 Å². The Bertz CT molecular complexity index is 549. The molecule has 2 aliphatic heterocycles. The summed E-state index contributed by atoms with van der Waals surface area (Å²) >= 11 is 0. The van der Waals surface area contributed by atoms with E-state index in [4.69, 9.17) is 0 Å². The van der Waals surface area contributed by atoms with Crippen molar-refractivity contribution in [2.75, 3.05) is 24.5 Å². The molecule has 3 rings (SSSR count). The van der Waals surface area contributed by atoms with Gasteiger partial charge in [-0.05, 0) is 43.7 Å². The Labute approximate surface area is 126 Å². The lowest BCUT2D eigenvalue weighted by Crippen LogP contribution is -2.40. The lowest BCUT2D eigenvalue weighted by molar-refractivity contribution is 0.340. The summed E-state index contributed by atoms with van der Waals surface area (Å²) in [7, 11) is 0. The van der Waals surface area contributed by atoms with Gasteiger partial charge in [0.2, 0.25) is 0 Å². The second-order valence-electron chi connectivity index (χ2n) is 6.01. The van der Waals surface area contributed by atoms with Gasteiger partial charge in [-0.2, -0.15) is 10.4 Å². The lowest BCUT2D eigenvalue weighted by Gasteiger charge is -2.24. The number of nitriles is 1. The highest BCUT2D eigenvalue weighted by molar-refractivity contribution is 5.59. The summed E-state index contributed by atoms with van der Waals surface area (Å²) in [6.45, 7) is 7.21. The van der Waals surface area contributed by atoms with Gasteiger partial charge in [0.1, 0.15) is 11.6 Å². The number of nitrogens with one attached hydrogen (secondary N) is 1. The van der Waals surface area contributed by atoms with E-state index < -0.39 is 0 Å². The number of anilines is 1. The molecule has 2 saturated heterocycles. The predicted molar refractivity (Wildman–Crippen MR) is 82.2 cm³/mol. The molecule has 0 spiro atoms. The minimum atomic E-state index is 0.544. The topological polar surface area (TPSA) is 64.8 Å². The van der Waals surface area contributed by atoms with Crippen LogP contribution in [0.5, 0.6) is 0 Å². The highest BCUT2D eigenvalue weighted by atomic mass is 15.3. The van der Waals surface area contributed by atoms with Gasteiger partial charge in [0.05, 0.1) is 5.69 Å². The monoisotopic (exact) mass is 285 g/mol. The van der Waals surface area contributed by atoms with Crippen molar-refractivity contribution >= 4 is 5.82 Å². The molecule has 2 aliphatic rings. The molecular formula is C16H23N5. The van der Waals surface area contributed by atoms with E-state index in [9.17, 15) is 5.26 Å². The molecule has 0 radical (unpaired) electrons. The molecule has 3 heterocycles. The first-order valence-corrected chi connectivity index (χ1v) is 8.05. The maximum absolute atomic E-state index is 9.61. The fourth-order valence-electron chi connectivity index (χ4n) is 3.72. The van der Waals surface area contributed by atoms with E-state index in [0.717, 1.165) is 55.1 Å². The van der Waals surface area contributed by atoms with E-state index in [1.807, 2.05) is 0 Å². The van der Waals surface area contributed by atoms with Gasteiger partial charge >= 0.3 is 0 Å². The summed E-state index contributed by atoms with van der Waals surface area (Å²) in [5.41, 5.74) is 2.78. The maximum atomic E-state index is 9.61. The minimum Gasteiger partial charge on any atom is -0.352 e. The highest BCUT2D eigenvalue weighted by Gasteiger charge is 2.36. The molecule has 112 valence electrons. The lowest BCUT2D eigenvalue weighted by atomic mass is 9.94. The maximum Gasteiger partial charge on any atom is 0.169 e. The number of piperidine rings is 1. The molecule has 5 heteroatoms. The van der Waals surface area contributed by atoms with E-state index in [1.54, 1.807) is 0 Å². The summed E-state index contributed by atoms with van der Waals surface area (Å²) in [5.74, 6) is 1.48. The van der Waals surface area contributed by atoms with Gasteiger partial charge in [0.15, 0.2) is 5.82 Å². The molecule has 0 unspecified atom stereocenters. The number of fused-ring (bicyclic) bond motifs is 1. The molecule has 0 bridgehead atoms. The van der Waals surface area contributed by atoms with Gasteiger partial charge < -0.3 is 10.2 Å². The van der Waals surface area contributed by atoms with Gasteiger partial charge in [-0.3, -0.25) is 0 Å². The summed E-state index contributed by atoms with van der Waals surface area (Å²) in [4.78, 5) is 2.26. The highest BCUT2D eigenvalue weighted by Crippen LogP contribution is 2.31. The molecular weight excluding hydrogens is 262 g/mol. The van der Waals surface area contributed by atoms with Crippen molar-refractivity contribution in [2.45, 2.75) is 45.6 Å². The normalized spacial score (nSPS) is 24.7. The number of aryl methyl sites for hydroxylation is 1. The molecule has 2 fully saturated rings. The van der Waals surface area contributed by atoms with Crippen LogP contribution in [-0.2, 0) is 12.8 Å². The fourth-order valence-corrected chi connectivity index (χ4v) is 3.72. The average molecular weight is 285 g/mol. The zero-order valence-electron chi connectivity index (χ0n) is 12.9. The van der Waals surface area contributed by atoms with Crippen LogP contribution in [0.25, 0.3) is 0 Å². The van der Waals surface area contributed by atoms with E-state index in [1.165, 1.54) is 12.8 Å². The second kappa shape index (κ2) is 5.98. The first kappa shape index (κ1) is 14.3. The van der Waals surface area contributed by atoms with Crippen LogP contribution in [0.1, 0.15) is 43.5 Å². The SMILES string of the molecule is CCc1nnc(N2C[C@@H]3CCCN[C@@H]3C2)c(C#N)c1CC.